The van der Waals surface area contributed by atoms with Crippen molar-refractivity contribution in [2.75, 3.05) is 5.32 Å². The normalized spacial score (nSPS) is 10.3. The molecule has 7 heteroatoms. The zero-order valence-electron chi connectivity index (χ0n) is 10.7. The number of nitrogens with zero attached hydrogens (tertiary/aromatic N) is 3. The molecule has 2 N–H and O–H groups in total. The van der Waals surface area contributed by atoms with Gasteiger partial charge in [-0.3, -0.25) is 4.79 Å². The van der Waals surface area contributed by atoms with Crippen LogP contribution in [0.1, 0.15) is 10.5 Å². The number of hydrogen-bond acceptors (Lipinski definition) is 4. The van der Waals surface area contributed by atoms with Gasteiger partial charge in [-0.25, -0.2) is 15.0 Å². The van der Waals surface area contributed by atoms with Crippen LogP contribution >= 0.6 is 11.6 Å². The first kappa shape index (κ1) is 13.3. The molecule has 0 aliphatic heterocycles. The number of hydrogen-bond donors (Lipinski definition) is 2. The largest absolute Gasteiger partial charge is 0.345 e. The second-order valence-electron chi connectivity index (χ2n) is 4.22. The third kappa shape index (κ3) is 3.06. The van der Waals surface area contributed by atoms with Crippen LogP contribution in [0.4, 0.5) is 5.69 Å². The van der Waals surface area contributed by atoms with E-state index in [4.69, 9.17) is 11.6 Å². The molecule has 0 saturated carbocycles. The molecule has 2 heterocycles. The number of aromatic nitrogens is 4. The van der Waals surface area contributed by atoms with Crippen LogP contribution in [0.5, 0.6) is 0 Å². The lowest BCUT2D eigenvalue weighted by atomic mass is 10.1. The molecule has 0 aliphatic carbocycles. The van der Waals surface area contributed by atoms with Gasteiger partial charge in [-0.1, -0.05) is 23.7 Å². The molecule has 6 nitrogen and oxygen atoms in total. The molecule has 0 radical (unpaired) electrons. The van der Waals surface area contributed by atoms with Crippen molar-refractivity contribution in [3.63, 3.8) is 0 Å². The number of carbonyl (C=O) groups excluding carboxylic acids is 1. The summed E-state index contributed by atoms with van der Waals surface area (Å²) in [7, 11) is 0. The Morgan fingerprint density at radius 1 is 1.10 bits per heavy atom. The van der Waals surface area contributed by atoms with Crippen LogP contribution in [0.2, 0.25) is 5.15 Å². The van der Waals surface area contributed by atoms with Crippen molar-refractivity contribution in [3.8, 4) is 11.3 Å². The van der Waals surface area contributed by atoms with Crippen molar-refractivity contribution in [1.29, 1.82) is 0 Å². The van der Waals surface area contributed by atoms with E-state index in [9.17, 15) is 4.79 Å². The quantitative estimate of drug-likeness (QED) is 0.779. The van der Waals surface area contributed by atoms with Gasteiger partial charge in [-0.2, -0.15) is 0 Å². The maximum Gasteiger partial charge on any atom is 0.275 e. The number of amides is 1. The number of halogens is 1. The summed E-state index contributed by atoms with van der Waals surface area (Å²) in [6.07, 6.45) is 6.01. The molecule has 0 fully saturated rings. The molecule has 1 amide bonds. The van der Waals surface area contributed by atoms with Crippen LogP contribution in [-0.4, -0.2) is 25.8 Å². The smallest absolute Gasteiger partial charge is 0.275 e. The van der Waals surface area contributed by atoms with Crippen molar-refractivity contribution in [2.45, 2.75) is 0 Å². The van der Waals surface area contributed by atoms with Crippen molar-refractivity contribution in [3.05, 3.63) is 60.0 Å². The number of rotatable bonds is 3. The van der Waals surface area contributed by atoms with Crippen molar-refractivity contribution >= 4 is 23.2 Å². The van der Waals surface area contributed by atoms with E-state index in [0.29, 0.717) is 5.69 Å². The Kier molecular flexibility index (Phi) is 3.61. The van der Waals surface area contributed by atoms with Crippen LogP contribution < -0.4 is 5.32 Å². The SMILES string of the molecule is O=C(Nc1ccc(-c2cnc[nH]2)cc1)c1cnc(Cl)cn1. The maximum atomic E-state index is 12.0. The van der Waals surface area contributed by atoms with E-state index < -0.39 is 0 Å². The Morgan fingerprint density at radius 2 is 1.90 bits per heavy atom. The Morgan fingerprint density at radius 3 is 2.52 bits per heavy atom. The first-order valence-electron chi connectivity index (χ1n) is 6.10. The first-order valence-corrected chi connectivity index (χ1v) is 6.48. The Balaban J connectivity index is 1.73. The molecule has 0 unspecified atom stereocenters. The van der Waals surface area contributed by atoms with Gasteiger partial charge in [-0.05, 0) is 17.7 Å². The summed E-state index contributed by atoms with van der Waals surface area (Å²) in [4.78, 5) is 26.7. The molecule has 1 aromatic carbocycles. The lowest BCUT2D eigenvalue weighted by Gasteiger charge is -2.05. The number of benzene rings is 1. The number of anilines is 1. The third-order valence-electron chi connectivity index (χ3n) is 2.80. The summed E-state index contributed by atoms with van der Waals surface area (Å²) in [5, 5.41) is 2.99. The van der Waals surface area contributed by atoms with Gasteiger partial charge in [0, 0.05) is 5.69 Å². The van der Waals surface area contributed by atoms with E-state index in [-0.39, 0.29) is 16.8 Å². The Hall–Kier alpha value is -2.73. The fraction of sp³-hybridized carbons (Fsp3) is 0. The van der Waals surface area contributed by atoms with Crippen molar-refractivity contribution < 1.29 is 4.79 Å². The van der Waals surface area contributed by atoms with E-state index in [1.807, 2.05) is 12.1 Å². The monoisotopic (exact) mass is 299 g/mol. The minimum Gasteiger partial charge on any atom is -0.345 e. The highest BCUT2D eigenvalue weighted by Crippen LogP contribution is 2.19. The molecule has 0 bridgehead atoms. The Labute approximate surface area is 125 Å². The topological polar surface area (TPSA) is 83.6 Å². The van der Waals surface area contributed by atoms with Gasteiger partial charge < -0.3 is 10.3 Å². The maximum absolute atomic E-state index is 12.0. The van der Waals surface area contributed by atoms with Crippen LogP contribution in [0.3, 0.4) is 0 Å². The van der Waals surface area contributed by atoms with Gasteiger partial charge in [0.2, 0.25) is 0 Å². The minimum atomic E-state index is -0.339. The molecule has 2 aromatic heterocycles. The standard InChI is InChI=1S/C14H10ClN5O/c15-13-7-17-12(6-18-13)14(21)20-10-3-1-9(2-4-10)11-5-16-8-19-11/h1-8H,(H,16,19)(H,20,21). The van der Waals surface area contributed by atoms with Crippen LogP contribution in [0, 0.1) is 0 Å². The second-order valence-corrected chi connectivity index (χ2v) is 4.61. The molecule has 0 aliphatic rings. The average Bonchev–Trinajstić information content (AvgIpc) is 3.03. The predicted octanol–water partition coefficient (Wildman–Crippen LogP) is 2.77. The molecule has 0 spiro atoms. The van der Waals surface area contributed by atoms with Crippen LogP contribution in [0.25, 0.3) is 11.3 Å². The zero-order valence-corrected chi connectivity index (χ0v) is 11.5. The Bertz CT molecular complexity index is 738. The third-order valence-corrected chi connectivity index (χ3v) is 3.00. The molecule has 3 rings (SSSR count). The average molecular weight is 300 g/mol. The molecule has 104 valence electrons. The zero-order chi connectivity index (χ0) is 14.7. The summed E-state index contributed by atoms with van der Waals surface area (Å²) >= 11 is 5.63. The van der Waals surface area contributed by atoms with E-state index in [1.54, 1.807) is 24.7 Å². The number of H-pyrrole nitrogens is 1. The lowest BCUT2D eigenvalue weighted by molar-refractivity contribution is 0.102. The lowest BCUT2D eigenvalue weighted by Crippen LogP contribution is -2.13. The summed E-state index contributed by atoms with van der Waals surface area (Å²) in [6.45, 7) is 0. The van der Waals surface area contributed by atoms with E-state index in [1.165, 1.54) is 12.4 Å². The van der Waals surface area contributed by atoms with E-state index >= 15 is 0 Å². The summed E-state index contributed by atoms with van der Waals surface area (Å²) in [6, 6.07) is 7.38. The predicted molar refractivity (Wildman–Crippen MR) is 79.0 cm³/mol. The molecular weight excluding hydrogens is 290 g/mol. The van der Waals surface area contributed by atoms with Crippen LogP contribution in [-0.2, 0) is 0 Å². The van der Waals surface area contributed by atoms with Crippen LogP contribution in [0.15, 0.2) is 49.2 Å². The number of imidazole rings is 1. The number of aromatic amines is 1. The van der Waals surface area contributed by atoms with Gasteiger partial charge in [-0.15, -0.1) is 0 Å². The number of carbonyl (C=O) groups is 1. The molecule has 3 aromatic rings. The first-order chi connectivity index (χ1) is 10.2. The molecule has 21 heavy (non-hydrogen) atoms. The van der Waals surface area contributed by atoms with Crippen molar-refractivity contribution in [1.82, 2.24) is 19.9 Å². The van der Waals surface area contributed by atoms with Gasteiger partial charge >= 0.3 is 0 Å². The highest BCUT2D eigenvalue weighted by atomic mass is 35.5. The highest BCUT2D eigenvalue weighted by Gasteiger charge is 2.08. The van der Waals surface area contributed by atoms with Gasteiger partial charge in [0.15, 0.2) is 0 Å². The summed E-state index contributed by atoms with van der Waals surface area (Å²) < 4.78 is 0. The van der Waals surface area contributed by atoms with E-state index in [2.05, 4.69) is 25.3 Å². The van der Waals surface area contributed by atoms with Gasteiger partial charge in [0.25, 0.3) is 5.91 Å². The van der Waals surface area contributed by atoms with Crippen molar-refractivity contribution in [2.24, 2.45) is 0 Å². The second kappa shape index (κ2) is 5.72. The number of nitrogens with one attached hydrogen (secondary N) is 2. The molecule has 0 atom stereocenters. The fourth-order valence-corrected chi connectivity index (χ4v) is 1.87. The minimum absolute atomic E-state index is 0.206. The highest BCUT2D eigenvalue weighted by molar-refractivity contribution is 6.29. The van der Waals surface area contributed by atoms with Gasteiger partial charge in [0.05, 0.1) is 30.6 Å². The summed E-state index contributed by atoms with van der Waals surface area (Å²) in [5.41, 5.74) is 2.77. The fourth-order valence-electron chi connectivity index (χ4n) is 1.77. The van der Waals surface area contributed by atoms with E-state index in [0.717, 1.165) is 11.3 Å². The summed E-state index contributed by atoms with van der Waals surface area (Å²) in [5.74, 6) is -0.339. The molecular formula is C14H10ClN5O. The van der Waals surface area contributed by atoms with Gasteiger partial charge in [0.1, 0.15) is 10.8 Å². The molecule has 0 saturated heterocycles.